The molecule has 0 saturated heterocycles. The lowest BCUT2D eigenvalue weighted by molar-refractivity contribution is 0.195. The van der Waals surface area contributed by atoms with Crippen molar-refractivity contribution in [3.63, 3.8) is 0 Å². The number of nitrogens with zero attached hydrogens (tertiary/aromatic N) is 1. The summed E-state index contributed by atoms with van der Waals surface area (Å²) < 4.78 is 0. The Balaban J connectivity index is 3.97. The van der Waals surface area contributed by atoms with E-state index >= 15 is 0 Å². The highest BCUT2D eigenvalue weighted by Gasteiger charge is 2.13. The summed E-state index contributed by atoms with van der Waals surface area (Å²) in [4.78, 5) is 2.58. The van der Waals surface area contributed by atoms with Crippen molar-refractivity contribution in [3.05, 3.63) is 0 Å². The van der Waals surface area contributed by atoms with Crippen molar-refractivity contribution in [2.75, 3.05) is 19.6 Å². The smallest absolute Gasteiger partial charge is 0.0192 e. The highest BCUT2D eigenvalue weighted by atomic mass is 15.2. The van der Waals surface area contributed by atoms with Gasteiger partial charge in [-0.3, -0.25) is 4.90 Å². The molecule has 15 heavy (non-hydrogen) atoms. The monoisotopic (exact) mass is 214 g/mol. The molecule has 0 heterocycles. The first-order chi connectivity index (χ1) is 7.15. The molecule has 1 unspecified atom stereocenters. The first kappa shape index (κ1) is 14.9. The molecule has 2 heteroatoms. The fourth-order valence-corrected chi connectivity index (χ4v) is 1.82. The predicted octanol–water partition coefficient (Wildman–Crippen LogP) is 2.89. The highest BCUT2D eigenvalue weighted by Crippen LogP contribution is 2.03. The molecule has 0 fully saturated rings. The van der Waals surface area contributed by atoms with Gasteiger partial charge in [-0.2, -0.15) is 0 Å². The standard InChI is InChI=1S/C13H30N2/c1-6-9-14-13(8-3)11-15(10-7-2)12(4)5/h12-14H,6-11H2,1-5H3. The van der Waals surface area contributed by atoms with Crippen LogP contribution in [0.25, 0.3) is 0 Å². The van der Waals surface area contributed by atoms with E-state index in [-0.39, 0.29) is 0 Å². The van der Waals surface area contributed by atoms with Gasteiger partial charge in [-0.05, 0) is 46.2 Å². The average molecular weight is 214 g/mol. The van der Waals surface area contributed by atoms with Crippen LogP contribution in [-0.2, 0) is 0 Å². The van der Waals surface area contributed by atoms with Crippen LogP contribution in [0, 0.1) is 0 Å². The zero-order valence-electron chi connectivity index (χ0n) is 11.3. The first-order valence-corrected chi connectivity index (χ1v) is 6.63. The number of hydrogen-bond acceptors (Lipinski definition) is 2. The molecular weight excluding hydrogens is 184 g/mol. The second kappa shape index (κ2) is 9.17. The minimum absolute atomic E-state index is 0.666. The Morgan fingerprint density at radius 2 is 1.73 bits per heavy atom. The van der Waals surface area contributed by atoms with Crippen LogP contribution in [0.15, 0.2) is 0 Å². The van der Waals surface area contributed by atoms with Gasteiger partial charge in [0.05, 0.1) is 0 Å². The van der Waals surface area contributed by atoms with Crippen molar-refractivity contribution >= 4 is 0 Å². The first-order valence-electron chi connectivity index (χ1n) is 6.63. The minimum atomic E-state index is 0.666. The fraction of sp³-hybridized carbons (Fsp3) is 1.00. The summed E-state index contributed by atoms with van der Waals surface area (Å²) in [6, 6.07) is 1.33. The lowest BCUT2D eigenvalue weighted by atomic mass is 10.1. The summed E-state index contributed by atoms with van der Waals surface area (Å²) in [7, 11) is 0. The Labute approximate surface area is 96.4 Å². The van der Waals surface area contributed by atoms with Gasteiger partial charge in [0, 0.05) is 18.6 Å². The van der Waals surface area contributed by atoms with Crippen molar-refractivity contribution in [1.82, 2.24) is 10.2 Å². The molecule has 0 radical (unpaired) electrons. The Bertz CT molecular complexity index is 134. The number of nitrogens with one attached hydrogen (secondary N) is 1. The van der Waals surface area contributed by atoms with Crippen LogP contribution in [-0.4, -0.2) is 36.6 Å². The molecule has 0 aliphatic heterocycles. The second-order valence-corrected chi connectivity index (χ2v) is 4.65. The Hall–Kier alpha value is -0.0800. The van der Waals surface area contributed by atoms with E-state index in [9.17, 15) is 0 Å². The maximum atomic E-state index is 3.62. The van der Waals surface area contributed by atoms with Gasteiger partial charge < -0.3 is 5.32 Å². The molecule has 1 N–H and O–H groups in total. The lowest BCUT2D eigenvalue weighted by Crippen LogP contribution is -2.44. The summed E-state index contributed by atoms with van der Waals surface area (Å²) in [5.41, 5.74) is 0. The third-order valence-corrected chi connectivity index (χ3v) is 2.87. The highest BCUT2D eigenvalue weighted by molar-refractivity contribution is 4.72. The van der Waals surface area contributed by atoms with Crippen molar-refractivity contribution in [1.29, 1.82) is 0 Å². The molecule has 0 bridgehead atoms. The molecule has 0 amide bonds. The Morgan fingerprint density at radius 3 is 2.13 bits per heavy atom. The van der Waals surface area contributed by atoms with Crippen LogP contribution in [0.5, 0.6) is 0 Å². The van der Waals surface area contributed by atoms with E-state index in [4.69, 9.17) is 0 Å². The van der Waals surface area contributed by atoms with Gasteiger partial charge in [-0.15, -0.1) is 0 Å². The summed E-state index contributed by atoms with van der Waals surface area (Å²) in [5.74, 6) is 0. The van der Waals surface area contributed by atoms with Crippen molar-refractivity contribution in [2.24, 2.45) is 0 Å². The zero-order chi connectivity index (χ0) is 11.7. The van der Waals surface area contributed by atoms with Gasteiger partial charge in [0.1, 0.15) is 0 Å². The van der Waals surface area contributed by atoms with E-state index in [1.54, 1.807) is 0 Å². The van der Waals surface area contributed by atoms with Crippen LogP contribution < -0.4 is 5.32 Å². The SMILES string of the molecule is CCCNC(CC)CN(CCC)C(C)C. The lowest BCUT2D eigenvalue weighted by Gasteiger charge is -2.30. The van der Waals surface area contributed by atoms with Crippen molar-refractivity contribution in [2.45, 2.75) is 66.0 Å². The van der Waals surface area contributed by atoms with E-state index in [1.165, 1.54) is 32.4 Å². The topological polar surface area (TPSA) is 15.3 Å². The van der Waals surface area contributed by atoms with Gasteiger partial charge in [0.2, 0.25) is 0 Å². The van der Waals surface area contributed by atoms with Crippen LogP contribution in [0.1, 0.15) is 53.9 Å². The van der Waals surface area contributed by atoms with Crippen LogP contribution in [0.3, 0.4) is 0 Å². The molecular formula is C13H30N2. The molecule has 0 aliphatic rings. The van der Waals surface area contributed by atoms with E-state index in [1.807, 2.05) is 0 Å². The molecule has 0 rings (SSSR count). The van der Waals surface area contributed by atoms with E-state index in [2.05, 4.69) is 44.8 Å². The molecule has 1 atom stereocenters. The van der Waals surface area contributed by atoms with E-state index < -0.39 is 0 Å². The predicted molar refractivity (Wildman–Crippen MR) is 69.4 cm³/mol. The van der Waals surface area contributed by atoms with Crippen LogP contribution in [0.4, 0.5) is 0 Å². The van der Waals surface area contributed by atoms with E-state index in [0.717, 1.165) is 6.54 Å². The van der Waals surface area contributed by atoms with Crippen LogP contribution in [0.2, 0.25) is 0 Å². The van der Waals surface area contributed by atoms with Crippen LogP contribution >= 0.6 is 0 Å². The normalized spacial score (nSPS) is 13.8. The third kappa shape index (κ3) is 6.91. The van der Waals surface area contributed by atoms with Gasteiger partial charge in [0.25, 0.3) is 0 Å². The average Bonchev–Trinajstić information content (AvgIpc) is 2.22. The Kier molecular flexibility index (Phi) is 9.12. The molecule has 0 aromatic heterocycles. The molecule has 0 spiro atoms. The van der Waals surface area contributed by atoms with Gasteiger partial charge in [-0.25, -0.2) is 0 Å². The summed E-state index contributed by atoms with van der Waals surface area (Å²) in [6.07, 6.45) is 3.71. The van der Waals surface area contributed by atoms with Gasteiger partial charge in [0.15, 0.2) is 0 Å². The number of rotatable bonds is 9. The quantitative estimate of drug-likeness (QED) is 0.635. The van der Waals surface area contributed by atoms with Crippen molar-refractivity contribution in [3.8, 4) is 0 Å². The van der Waals surface area contributed by atoms with Gasteiger partial charge in [-0.1, -0.05) is 20.8 Å². The zero-order valence-corrected chi connectivity index (χ0v) is 11.3. The Morgan fingerprint density at radius 1 is 1.07 bits per heavy atom. The molecule has 2 nitrogen and oxygen atoms in total. The number of hydrogen-bond donors (Lipinski definition) is 1. The summed E-state index contributed by atoms with van der Waals surface area (Å²) in [5, 5.41) is 3.62. The largest absolute Gasteiger partial charge is 0.313 e. The third-order valence-electron chi connectivity index (χ3n) is 2.87. The van der Waals surface area contributed by atoms with Crippen molar-refractivity contribution < 1.29 is 0 Å². The summed E-state index contributed by atoms with van der Waals surface area (Å²) >= 11 is 0. The fourth-order valence-electron chi connectivity index (χ4n) is 1.82. The molecule has 92 valence electrons. The molecule has 0 aromatic carbocycles. The molecule has 0 aromatic rings. The maximum absolute atomic E-state index is 3.62. The second-order valence-electron chi connectivity index (χ2n) is 4.65. The molecule has 0 aliphatic carbocycles. The molecule has 0 saturated carbocycles. The maximum Gasteiger partial charge on any atom is 0.0192 e. The summed E-state index contributed by atoms with van der Waals surface area (Å²) in [6.45, 7) is 14.9. The minimum Gasteiger partial charge on any atom is -0.313 e. The van der Waals surface area contributed by atoms with Gasteiger partial charge >= 0.3 is 0 Å². The van der Waals surface area contributed by atoms with E-state index in [0.29, 0.717) is 12.1 Å².